The third kappa shape index (κ3) is 6.31. The van der Waals surface area contributed by atoms with Gasteiger partial charge in [0.25, 0.3) is 0 Å². The molecule has 0 saturated carbocycles. The van der Waals surface area contributed by atoms with Crippen molar-refractivity contribution in [3.8, 4) is 17.2 Å². The van der Waals surface area contributed by atoms with Gasteiger partial charge in [0.05, 0.1) is 11.6 Å². The Morgan fingerprint density at radius 2 is 1.61 bits per heavy atom. The van der Waals surface area contributed by atoms with E-state index >= 15 is 0 Å². The molecule has 1 amide bonds. The number of benzene rings is 2. The summed E-state index contributed by atoms with van der Waals surface area (Å²) < 4.78 is 21.3. The largest absolute Gasteiger partial charge is 0.444 e. The number of piperazine rings is 1. The van der Waals surface area contributed by atoms with Crippen molar-refractivity contribution in [1.82, 2.24) is 29.4 Å². The molecule has 11 heteroatoms. The van der Waals surface area contributed by atoms with Gasteiger partial charge in [-0.05, 0) is 75.7 Å². The van der Waals surface area contributed by atoms with Gasteiger partial charge in [-0.2, -0.15) is 4.98 Å². The number of imidazole rings is 1. The van der Waals surface area contributed by atoms with E-state index in [-0.39, 0.29) is 18.0 Å². The Morgan fingerprint density at radius 3 is 2.32 bits per heavy atom. The van der Waals surface area contributed by atoms with Crippen molar-refractivity contribution >= 4 is 29.0 Å². The van der Waals surface area contributed by atoms with Gasteiger partial charge in [-0.15, -0.1) is 0 Å². The van der Waals surface area contributed by atoms with E-state index in [1.165, 1.54) is 12.1 Å². The summed E-state index contributed by atoms with van der Waals surface area (Å²) in [5.41, 5.74) is 2.58. The number of aromatic nitrogens is 5. The van der Waals surface area contributed by atoms with Gasteiger partial charge in [0.1, 0.15) is 28.9 Å². The van der Waals surface area contributed by atoms with Gasteiger partial charge in [-0.1, -0.05) is 30.3 Å². The number of fused-ring (bicyclic) bond motifs is 1. The molecule has 5 aromatic rings. The second kappa shape index (κ2) is 11.9. The molecule has 1 aliphatic heterocycles. The monoisotopic (exact) mass is 594 g/mol. The van der Waals surface area contributed by atoms with E-state index in [1.54, 1.807) is 23.2 Å². The molecule has 1 aliphatic rings. The summed E-state index contributed by atoms with van der Waals surface area (Å²) in [6.45, 7) is 9.94. The lowest BCUT2D eigenvalue weighted by Crippen LogP contribution is -2.50. The number of ether oxygens (including phenoxy) is 1. The molecular formula is C33H35FN8O2. The quantitative estimate of drug-likeness (QED) is 0.246. The fraction of sp³-hybridized carbons (Fsp3) is 0.303. The zero-order valence-electron chi connectivity index (χ0n) is 25.2. The Morgan fingerprint density at radius 1 is 0.886 bits per heavy atom. The lowest BCUT2D eigenvalue weighted by Gasteiger charge is -2.36. The average molecular weight is 595 g/mol. The van der Waals surface area contributed by atoms with Crippen molar-refractivity contribution in [2.24, 2.45) is 0 Å². The number of nitrogens with zero attached hydrogens (tertiary/aromatic N) is 7. The summed E-state index contributed by atoms with van der Waals surface area (Å²) in [7, 11) is 0. The van der Waals surface area contributed by atoms with Gasteiger partial charge in [0.15, 0.2) is 5.65 Å². The topological polar surface area (TPSA) is 101 Å². The molecule has 6 rings (SSSR count). The smallest absolute Gasteiger partial charge is 0.410 e. The van der Waals surface area contributed by atoms with Crippen LogP contribution in [0.5, 0.6) is 0 Å². The molecule has 226 valence electrons. The maximum absolute atomic E-state index is 13.9. The summed E-state index contributed by atoms with van der Waals surface area (Å²) >= 11 is 0. The van der Waals surface area contributed by atoms with Crippen molar-refractivity contribution in [3.63, 3.8) is 0 Å². The van der Waals surface area contributed by atoms with Crippen LogP contribution in [-0.2, 0) is 4.74 Å². The summed E-state index contributed by atoms with van der Waals surface area (Å²) in [4.78, 5) is 35.5. The van der Waals surface area contributed by atoms with E-state index < -0.39 is 5.60 Å². The minimum Gasteiger partial charge on any atom is -0.444 e. The van der Waals surface area contributed by atoms with Gasteiger partial charge in [0, 0.05) is 37.9 Å². The minimum absolute atomic E-state index is 0.0115. The minimum atomic E-state index is -0.539. The first kappa shape index (κ1) is 29.0. The highest BCUT2D eigenvalue weighted by Crippen LogP contribution is 2.30. The average Bonchev–Trinajstić information content (AvgIpc) is 3.40. The Kier molecular flexibility index (Phi) is 7.86. The van der Waals surface area contributed by atoms with Crippen LogP contribution in [0.1, 0.15) is 39.3 Å². The molecule has 1 atom stereocenters. The van der Waals surface area contributed by atoms with Crippen LogP contribution in [0, 0.1) is 5.82 Å². The van der Waals surface area contributed by atoms with Gasteiger partial charge >= 0.3 is 6.09 Å². The van der Waals surface area contributed by atoms with Crippen molar-refractivity contribution in [3.05, 3.63) is 90.4 Å². The molecule has 3 aromatic heterocycles. The van der Waals surface area contributed by atoms with Gasteiger partial charge in [0.2, 0.25) is 5.95 Å². The first-order chi connectivity index (χ1) is 21.1. The number of nitrogens with one attached hydrogen (secondary N) is 1. The number of hydrogen-bond donors (Lipinski definition) is 1. The number of halogens is 1. The Bertz CT molecular complexity index is 1760. The third-order valence-corrected chi connectivity index (χ3v) is 7.38. The number of pyridine rings is 1. The number of carbonyl (C=O) groups excluding carboxylic acids is 1. The van der Waals surface area contributed by atoms with Gasteiger partial charge in [-0.3, -0.25) is 4.57 Å². The second-order valence-corrected chi connectivity index (χ2v) is 11.8. The van der Waals surface area contributed by atoms with Crippen LogP contribution >= 0.6 is 0 Å². The highest BCUT2D eigenvalue weighted by atomic mass is 19.1. The summed E-state index contributed by atoms with van der Waals surface area (Å²) in [5.74, 6) is 2.09. The van der Waals surface area contributed by atoms with Crippen LogP contribution < -0.4 is 10.2 Å². The number of amides is 1. The van der Waals surface area contributed by atoms with Crippen molar-refractivity contribution < 1.29 is 13.9 Å². The van der Waals surface area contributed by atoms with Crippen molar-refractivity contribution in [1.29, 1.82) is 0 Å². The normalized spacial score (nSPS) is 14.5. The van der Waals surface area contributed by atoms with Crippen LogP contribution in [0.4, 0.5) is 21.0 Å². The van der Waals surface area contributed by atoms with E-state index in [2.05, 4.69) is 34.3 Å². The molecule has 1 saturated heterocycles. The van der Waals surface area contributed by atoms with Gasteiger partial charge in [-0.25, -0.2) is 24.1 Å². The SMILES string of the molecule is C[C@H](Nc1nccc(-n2c(-c3ccc(F)cc3)nc3nc(N4CCN(C(=O)OC(C)(C)C)CC4)ccc32)n1)c1ccccc1. The fourth-order valence-electron chi connectivity index (χ4n) is 5.16. The molecule has 0 bridgehead atoms. The molecule has 10 nitrogen and oxygen atoms in total. The zero-order chi connectivity index (χ0) is 30.8. The standard InChI is InChI=1S/C33H35FN8O2/c1-22(23-8-6-5-7-9-23)36-31-35-17-16-28(38-31)42-26-14-15-27(37-29(26)39-30(42)24-10-12-25(34)13-11-24)40-18-20-41(21-19-40)32(43)44-33(2,3)4/h5-17,22H,18-21H2,1-4H3,(H,35,36,38)/t22-/m0/s1. The third-order valence-electron chi connectivity index (χ3n) is 7.38. The molecule has 0 radical (unpaired) electrons. The first-order valence-corrected chi connectivity index (χ1v) is 14.7. The number of carbonyl (C=O) groups is 1. The van der Waals surface area contributed by atoms with Gasteiger partial charge < -0.3 is 19.9 Å². The number of hydrogen-bond acceptors (Lipinski definition) is 8. The number of rotatable bonds is 6. The predicted molar refractivity (Wildman–Crippen MR) is 168 cm³/mol. The van der Waals surface area contributed by atoms with E-state index in [1.807, 2.05) is 61.7 Å². The molecule has 1 N–H and O–H groups in total. The maximum atomic E-state index is 13.9. The first-order valence-electron chi connectivity index (χ1n) is 14.7. The molecule has 0 spiro atoms. The molecule has 1 fully saturated rings. The highest BCUT2D eigenvalue weighted by molar-refractivity contribution is 5.81. The Hall–Kier alpha value is -5.06. The fourth-order valence-corrected chi connectivity index (χ4v) is 5.16. The lowest BCUT2D eigenvalue weighted by atomic mass is 10.1. The van der Waals surface area contributed by atoms with Crippen LogP contribution in [-0.4, -0.2) is 67.3 Å². The molecule has 44 heavy (non-hydrogen) atoms. The molecule has 2 aromatic carbocycles. The second-order valence-electron chi connectivity index (χ2n) is 11.8. The molecular weight excluding hydrogens is 559 g/mol. The highest BCUT2D eigenvalue weighted by Gasteiger charge is 2.27. The predicted octanol–water partition coefficient (Wildman–Crippen LogP) is 6.25. The van der Waals surface area contributed by atoms with Crippen molar-refractivity contribution in [2.75, 3.05) is 36.4 Å². The Labute approximate surface area is 255 Å². The van der Waals surface area contributed by atoms with Crippen LogP contribution in [0.2, 0.25) is 0 Å². The van der Waals surface area contributed by atoms with Crippen molar-refractivity contribution in [2.45, 2.75) is 39.3 Å². The van der Waals surface area contributed by atoms with Crippen LogP contribution in [0.25, 0.3) is 28.4 Å². The van der Waals surface area contributed by atoms with E-state index in [9.17, 15) is 9.18 Å². The zero-order valence-corrected chi connectivity index (χ0v) is 25.2. The number of anilines is 2. The Balaban J connectivity index is 1.31. The molecule has 4 heterocycles. The lowest BCUT2D eigenvalue weighted by molar-refractivity contribution is 0.0240. The van der Waals surface area contributed by atoms with E-state index in [0.29, 0.717) is 49.4 Å². The summed E-state index contributed by atoms with van der Waals surface area (Å²) in [5, 5.41) is 3.39. The van der Waals surface area contributed by atoms with Crippen LogP contribution in [0.15, 0.2) is 79.0 Å². The molecule has 0 unspecified atom stereocenters. The maximum Gasteiger partial charge on any atom is 0.410 e. The molecule has 0 aliphatic carbocycles. The van der Waals surface area contributed by atoms with E-state index in [0.717, 1.165) is 22.5 Å². The van der Waals surface area contributed by atoms with E-state index in [4.69, 9.17) is 19.7 Å². The summed E-state index contributed by atoms with van der Waals surface area (Å²) in [6.07, 6.45) is 1.40. The summed E-state index contributed by atoms with van der Waals surface area (Å²) in [6, 6.07) is 22.0. The van der Waals surface area contributed by atoms with Crippen LogP contribution in [0.3, 0.4) is 0 Å².